The van der Waals surface area contributed by atoms with E-state index in [1.165, 1.54) is 13.1 Å². The Morgan fingerprint density at radius 2 is 1.62 bits per heavy atom. The van der Waals surface area contributed by atoms with Crippen LogP contribution in [0.5, 0.6) is 0 Å². The standard InChI is InChI=1S/C5H9NO.C2H2O4/c1-5(2-6-1)3-7-4-5;3-1(4)2(5)6/h6H,1-4H2;(H,3,4)(H,5,6). The lowest BCUT2D eigenvalue weighted by Gasteiger charge is -2.48. The van der Waals surface area contributed by atoms with Crippen LogP contribution >= 0.6 is 0 Å². The summed E-state index contributed by atoms with van der Waals surface area (Å²) in [6.45, 7) is 4.38. The van der Waals surface area contributed by atoms with Crippen molar-refractivity contribution in [2.75, 3.05) is 26.3 Å². The Morgan fingerprint density at radius 1 is 1.15 bits per heavy atom. The van der Waals surface area contributed by atoms with Gasteiger partial charge in [0, 0.05) is 18.5 Å². The molecule has 2 aliphatic heterocycles. The van der Waals surface area contributed by atoms with Crippen LogP contribution in [0.1, 0.15) is 0 Å². The van der Waals surface area contributed by atoms with Crippen LogP contribution in [0.4, 0.5) is 0 Å². The molecule has 0 amide bonds. The van der Waals surface area contributed by atoms with Gasteiger partial charge < -0.3 is 20.3 Å². The summed E-state index contributed by atoms with van der Waals surface area (Å²) in [5.74, 6) is -3.65. The van der Waals surface area contributed by atoms with Crippen LogP contribution in [0.25, 0.3) is 0 Å². The maximum absolute atomic E-state index is 9.10. The normalized spacial score (nSPS) is 21.8. The molecule has 2 fully saturated rings. The number of carboxylic acid groups (broad SMARTS) is 2. The first-order valence-electron chi connectivity index (χ1n) is 3.80. The summed E-state index contributed by atoms with van der Waals surface area (Å²) in [5.41, 5.74) is 0.611. The Kier molecular flexibility index (Phi) is 2.84. The molecule has 0 radical (unpaired) electrons. The van der Waals surface area contributed by atoms with Crippen molar-refractivity contribution in [2.24, 2.45) is 5.41 Å². The topological polar surface area (TPSA) is 95.9 Å². The zero-order valence-electron chi connectivity index (χ0n) is 6.95. The van der Waals surface area contributed by atoms with Gasteiger partial charge in [-0.25, -0.2) is 9.59 Å². The molecule has 6 heteroatoms. The van der Waals surface area contributed by atoms with Gasteiger partial charge in [0.2, 0.25) is 0 Å². The van der Waals surface area contributed by atoms with Crippen LogP contribution in [-0.4, -0.2) is 48.5 Å². The SMILES string of the molecule is C1NCC12COC2.O=C(O)C(=O)O. The first-order chi connectivity index (χ1) is 6.06. The van der Waals surface area contributed by atoms with Gasteiger partial charge in [0.15, 0.2) is 0 Å². The Labute approximate surface area is 74.5 Å². The van der Waals surface area contributed by atoms with Crippen molar-refractivity contribution in [3.63, 3.8) is 0 Å². The molecule has 1 spiro atoms. The summed E-state index contributed by atoms with van der Waals surface area (Å²) in [4.78, 5) is 18.2. The third kappa shape index (κ3) is 2.40. The predicted molar refractivity (Wildman–Crippen MR) is 41.4 cm³/mol. The van der Waals surface area contributed by atoms with Crippen LogP contribution in [-0.2, 0) is 14.3 Å². The van der Waals surface area contributed by atoms with E-state index in [1.54, 1.807) is 0 Å². The molecule has 74 valence electrons. The number of carboxylic acids is 2. The molecule has 2 rings (SSSR count). The second-order valence-corrected chi connectivity index (χ2v) is 3.21. The third-order valence-electron chi connectivity index (χ3n) is 2.00. The molecule has 0 aromatic rings. The molecule has 3 N–H and O–H groups in total. The molecule has 0 aromatic heterocycles. The van der Waals surface area contributed by atoms with Gasteiger partial charge >= 0.3 is 11.9 Å². The second kappa shape index (κ2) is 3.71. The minimum absolute atomic E-state index is 0.611. The van der Waals surface area contributed by atoms with Gasteiger partial charge in [0.05, 0.1) is 13.2 Å². The van der Waals surface area contributed by atoms with Gasteiger partial charge in [-0.3, -0.25) is 0 Å². The number of ether oxygens (including phenoxy) is 1. The van der Waals surface area contributed by atoms with Crippen molar-refractivity contribution < 1.29 is 24.5 Å². The van der Waals surface area contributed by atoms with Gasteiger partial charge in [-0.2, -0.15) is 0 Å². The first-order valence-corrected chi connectivity index (χ1v) is 3.80. The molecule has 0 atom stereocenters. The molecule has 0 aliphatic carbocycles. The van der Waals surface area contributed by atoms with E-state index < -0.39 is 11.9 Å². The van der Waals surface area contributed by atoms with Crippen molar-refractivity contribution in [2.45, 2.75) is 0 Å². The number of rotatable bonds is 0. The minimum atomic E-state index is -1.82. The van der Waals surface area contributed by atoms with E-state index >= 15 is 0 Å². The summed E-state index contributed by atoms with van der Waals surface area (Å²) in [6.07, 6.45) is 0. The van der Waals surface area contributed by atoms with Crippen LogP contribution in [0.3, 0.4) is 0 Å². The Morgan fingerprint density at radius 3 is 1.62 bits per heavy atom. The molecule has 2 heterocycles. The van der Waals surface area contributed by atoms with E-state index in [-0.39, 0.29) is 0 Å². The highest BCUT2D eigenvalue weighted by atomic mass is 16.5. The quantitative estimate of drug-likeness (QED) is 0.412. The highest BCUT2D eigenvalue weighted by Gasteiger charge is 2.43. The fourth-order valence-corrected chi connectivity index (χ4v) is 1.07. The molecular formula is C7H11NO5. The van der Waals surface area contributed by atoms with Gasteiger partial charge in [0.25, 0.3) is 0 Å². The van der Waals surface area contributed by atoms with Crippen molar-refractivity contribution >= 4 is 11.9 Å². The molecule has 0 saturated carbocycles. The molecule has 6 nitrogen and oxygen atoms in total. The van der Waals surface area contributed by atoms with Crippen LogP contribution in [0.2, 0.25) is 0 Å². The molecule has 0 aromatic carbocycles. The van der Waals surface area contributed by atoms with E-state index in [0.717, 1.165) is 13.2 Å². The lowest BCUT2D eigenvalue weighted by Crippen LogP contribution is -2.64. The van der Waals surface area contributed by atoms with E-state index in [2.05, 4.69) is 5.32 Å². The summed E-state index contributed by atoms with van der Waals surface area (Å²) in [5, 5.41) is 18.0. The second-order valence-electron chi connectivity index (χ2n) is 3.21. The van der Waals surface area contributed by atoms with Gasteiger partial charge in [-0.15, -0.1) is 0 Å². The molecule has 0 bridgehead atoms. The number of hydrogen-bond donors (Lipinski definition) is 3. The van der Waals surface area contributed by atoms with Crippen molar-refractivity contribution in [1.29, 1.82) is 0 Å². The van der Waals surface area contributed by atoms with E-state index in [1.807, 2.05) is 0 Å². The largest absolute Gasteiger partial charge is 0.473 e. The lowest BCUT2D eigenvalue weighted by molar-refractivity contribution is -0.159. The van der Waals surface area contributed by atoms with E-state index in [4.69, 9.17) is 24.5 Å². The smallest absolute Gasteiger partial charge is 0.414 e. The van der Waals surface area contributed by atoms with Gasteiger partial charge in [-0.05, 0) is 0 Å². The summed E-state index contributed by atoms with van der Waals surface area (Å²) in [7, 11) is 0. The molecule has 13 heavy (non-hydrogen) atoms. The van der Waals surface area contributed by atoms with E-state index in [0.29, 0.717) is 5.41 Å². The Hall–Kier alpha value is -1.14. The summed E-state index contributed by atoms with van der Waals surface area (Å²) in [6, 6.07) is 0. The van der Waals surface area contributed by atoms with Crippen LogP contribution in [0, 0.1) is 5.41 Å². The van der Waals surface area contributed by atoms with Crippen molar-refractivity contribution in [3.05, 3.63) is 0 Å². The average Bonchev–Trinajstić information content (AvgIpc) is 1.80. The van der Waals surface area contributed by atoms with Gasteiger partial charge in [0.1, 0.15) is 0 Å². The molecular weight excluding hydrogens is 178 g/mol. The maximum atomic E-state index is 9.10. The highest BCUT2D eigenvalue weighted by Crippen LogP contribution is 2.30. The minimum Gasteiger partial charge on any atom is -0.473 e. The summed E-state index contributed by atoms with van der Waals surface area (Å²) < 4.78 is 5.04. The third-order valence-corrected chi connectivity index (χ3v) is 2.00. The molecule has 2 saturated heterocycles. The number of aliphatic carboxylic acids is 2. The molecule has 2 aliphatic rings. The first kappa shape index (κ1) is 9.94. The van der Waals surface area contributed by atoms with E-state index in [9.17, 15) is 0 Å². The van der Waals surface area contributed by atoms with Crippen molar-refractivity contribution in [3.8, 4) is 0 Å². The number of nitrogens with one attached hydrogen (secondary N) is 1. The highest BCUT2D eigenvalue weighted by molar-refractivity contribution is 6.27. The fraction of sp³-hybridized carbons (Fsp3) is 0.714. The zero-order chi connectivity index (χ0) is 9.90. The number of hydrogen-bond acceptors (Lipinski definition) is 4. The Balaban J connectivity index is 0.000000133. The Bertz CT molecular complexity index is 191. The fourth-order valence-electron chi connectivity index (χ4n) is 1.07. The maximum Gasteiger partial charge on any atom is 0.414 e. The zero-order valence-corrected chi connectivity index (χ0v) is 6.95. The predicted octanol–water partition coefficient (Wildman–Crippen LogP) is -1.24. The van der Waals surface area contributed by atoms with Crippen LogP contribution < -0.4 is 5.32 Å². The van der Waals surface area contributed by atoms with Crippen LogP contribution in [0.15, 0.2) is 0 Å². The van der Waals surface area contributed by atoms with Crippen molar-refractivity contribution in [1.82, 2.24) is 5.32 Å². The monoisotopic (exact) mass is 189 g/mol. The summed E-state index contributed by atoms with van der Waals surface area (Å²) >= 11 is 0. The average molecular weight is 189 g/mol. The number of carbonyl (C=O) groups is 2. The lowest BCUT2D eigenvalue weighted by atomic mass is 9.80. The molecule has 0 unspecified atom stereocenters. The van der Waals surface area contributed by atoms with Gasteiger partial charge in [-0.1, -0.05) is 0 Å².